The molecule has 2 aromatic carbocycles. The van der Waals surface area contributed by atoms with Gasteiger partial charge in [-0.15, -0.1) is 0 Å². The molecule has 0 aliphatic carbocycles. The molecule has 0 bridgehead atoms. The molecule has 0 saturated heterocycles. The number of hydrogen-bond acceptors (Lipinski definition) is 1. The SMILES string of the molecule is NC(Cc1cc(F)cc(F)c1)c1ccc(F)cc1F. The zero-order valence-electron chi connectivity index (χ0n) is 9.84. The standard InChI is InChI=1S/C14H11F4N/c15-9-1-2-12(13(18)7-9)14(19)5-8-3-10(16)6-11(17)4-8/h1-4,6-7,14H,5,19H2. The number of nitrogens with two attached hydrogens (primary N) is 1. The van der Waals surface area contributed by atoms with Gasteiger partial charge in [-0.3, -0.25) is 0 Å². The van der Waals surface area contributed by atoms with E-state index in [4.69, 9.17) is 5.73 Å². The Morgan fingerprint density at radius 1 is 0.842 bits per heavy atom. The Morgan fingerprint density at radius 2 is 1.47 bits per heavy atom. The third-order valence-electron chi connectivity index (χ3n) is 2.74. The number of rotatable bonds is 3. The average molecular weight is 269 g/mol. The molecule has 0 saturated carbocycles. The second kappa shape index (κ2) is 5.40. The summed E-state index contributed by atoms with van der Waals surface area (Å²) >= 11 is 0. The number of halogens is 4. The van der Waals surface area contributed by atoms with E-state index in [-0.39, 0.29) is 12.0 Å². The van der Waals surface area contributed by atoms with Gasteiger partial charge in [0.15, 0.2) is 0 Å². The maximum absolute atomic E-state index is 13.5. The highest BCUT2D eigenvalue weighted by atomic mass is 19.1. The first kappa shape index (κ1) is 13.5. The van der Waals surface area contributed by atoms with Gasteiger partial charge in [0.25, 0.3) is 0 Å². The fourth-order valence-electron chi connectivity index (χ4n) is 1.89. The third kappa shape index (κ3) is 3.32. The summed E-state index contributed by atoms with van der Waals surface area (Å²) in [6.07, 6.45) is 0.0528. The summed E-state index contributed by atoms with van der Waals surface area (Å²) < 4.78 is 52.3. The van der Waals surface area contributed by atoms with Crippen molar-refractivity contribution in [2.45, 2.75) is 12.5 Å². The van der Waals surface area contributed by atoms with Crippen LogP contribution >= 0.6 is 0 Å². The summed E-state index contributed by atoms with van der Waals surface area (Å²) in [6.45, 7) is 0. The summed E-state index contributed by atoms with van der Waals surface area (Å²) in [5.74, 6) is -2.92. The van der Waals surface area contributed by atoms with Crippen molar-refractivity contribution in [3.05, 3.63) is 70.8 Å². The maximum atomic E-state index is 13.5. The molecule has 0 spiro atoms. The van der Waals surface area contributed by atoms with Crippen molar-refractivity contribution in [1.82, 2.24) is 0 Å². The first-order chi connectivity index (χ1) is 8.95. The smallest absolute Gasteiger partial charge is 0.130 e. The van der Waals surface area contributed by atoms with Crippen LogP contribution in [-0.2, 0) is 6.42 Å². The second-order valence-electron chi connectivity index (χ2n) is 4.25. The zero-order valence-corrected chi connectivity index (χ0v) is 9.84. The van der Waals surface area contributed by atoms with Crippen LogP contribution < -0.4 is 5.73 Å². The lowest BCUT2D eigenvalue weighted by atomic mass is 9.99. The van der Waals surface area contributed by atoms with Gasteiger partial charge in [-0.25, -0.2) is 17.6 Å². The minimum absolute atomic E-state index is 0.0528. The monoisotopic (exact) mass is 269 g/mol. The van der Waals surface area contributed by atoms with Gasteiger partial charge in [0.05, 0.1) is 0 Å². The van der Waals surface area contributed by atoms with Crippen molar-refractivity contribution in [1.29, 1.82) is 0 Å². The summed E-state index contributed by atoms with van der Waals surface area (Å²) in [7, 11) is 0. The minimum atomic E-state index is -0.804. The molecule has 0 amide bonds. The first-order valence-electron chi connectivity index (χ1n) is 5.61. The van der Waals surface area contributed by atoms with Gasteiger partial charge in [-0.1, -0.05) is 6.07 Å². The third-order valence-corrected chi connectivity index (χ3v) is 2.74. The predicted molar refractivity (Wildman–Crippen MR) is 63.3 cm³/mol. The van der Waals surface area contributed by atoms with E-state index in [1.54, 1.807) is 0 Å². The Balaban J connectivity index is 2.22. The van der Waals surface area contributed by atoms with Crippen LogP contribution in [0, 0.1) is 23.3 Å². The van der Waals surface area contributed by atoms with Gasteiger partial charge in [0.1, 0.15) is 23.3 Å². The quantitative estimate of drug-likeness (QED) is 0.848. The van der Waals surface area contributed by atoms with Crippen molar-refractivity contribution >= 4 is 0 Å². The highest BCUT2D eigenvalue weighted by Gasteiger charge is 2.14. The Hall–Kier alpha value is -1.88. The van der Waals surface area contributed by atoms with Crippen LogP contribution in [0.15, 0.2) is 36.4 Å². The Labute approximate surface area is 107 Å². The van der Waals surface area contributed by atoms with E-state index >= 15 is 0 Å². The lowest BCUT2D eigenvalue weighted by molar-refractivity contribution is 0.551. The maximum Gasteiger partial charge on any atom is 0.130 e. The molecule has 5 heteroatoms. The molecule has 0 radical (unpaired) electrons. The lowest BCUT2D eigenvalue weighted by Crippen LogP contribution is -2.15. The highest BCUT2D eigenvalue weighted by molar-refractivity contribution is 5.26. The molecule has 1 unspecified atom stereocenters. The fourth-order valence-corrected chi connectivity index (χ4v) is 1.89. The van der Waals surface area contributed by atoms with Crippen LogP contribution in [0.4, 0.5) is 17.6 Å². The zero-order chi connectivity index (χ0) is 14.0. The largest absolute Gasteiger partial charge is 0.324 e. The second-order valence-corrected chi connectivity index (χ2v) is 4.25. The van der Waals surface area contributed by atoms with Crippen LogP contribution in [-0.4, -0.2) is 0 Å². The molecular formula is C14H11F4N. The minimum Gasteiger partial charge on any atom is -0.324 e. The molecule has 0 aromatic heterocycles. The van der Waals surface area contributed by atoms with Crippen LogP contribution in [0.5, 0.6) is 0 Å². The van der Waals surface area contributed by atoms with E-state index in [0.29, 0.717) is 5.56 Å². The predicted octanol–water partition coefficient (Wildman–Crippen LogP) is 3.49. The molecule has 19 heavy (non-hydrogen) atoms. The summed E-state index contributed by atoms with van der Waals surface area (Å²) in [5.41, 5.74) is 6.19. The molecule has 0 heterocycles. The molecule has 2 rings (SSSR count). The highest BCUT2D eigenvalue weighted by Crippen LogP contribution is 2.21. The molecule has 100 valence electrons. The van der Waals surface area contributed by atoms with E-state index in [2.05, 4.69) is 0 Å². The van der Waals surface area contributed by atoms with Gasteiger partial charge >= 0.3 is 0 Å². The van der Waals surface area contributed by atoms with Crippen molar-refractivity contribution in [2.24, 2.45) is 5.73 Å². The Morgan fingerprint density at radius 3 is 2.05 bits per heavy atom. The summed E-state index contributed by atoms with van der Waals surface area (Å²) in [5, 5.41) is 0. The van der Waals surface area contributed by atoms with E-state index < -0.39 is 29.3 Å². The molecule has 0 fully saturated rings. The molecule has 1 nitrogen and oxygen atoms in total. The van der Waals surface area contributed by atoms with Gasteiger partial charge in [0.2, 0.25) is 0 Å². The van der Waals surface area contributed by atoms with E-state index in [0.717, 1.165) is 30.3 Å². The summed E-state index contributed by atoms with van der Waals surface area (Å²) in [4.78, 5) is 0. The van der Waals surface area contributed by atoms with Crippen molar-refractivity contribution < 1.29 is 17.6 Å². The summed E-state index contributed by atoms with van der Waals surface area (Å²) in [6, 6.07) is 5.24. The fraction of sp³-hybridized carbons (Fsp3) is 0.143. The van der Waals surface area contributed by atoms with E-state index in [1.165, 1.54) is 6.07 Å². The Bertz CT molecular complexity index is 578. The van der Waals surface area contributed by atoms with Crippen molar-refractivity contribution in [2.75, 3.05) is 0 Å². The van der Waals surface area contributed by atoms with Gasteiger partial charge in [-0.2, -0.15) is 0 Å². The molecule has 0 aliphatic heterocycles. The number of hydrogen-bond donors (Lipinski definition) is 1. The molecule has 2 N–H and O–H groups in total. The van der Waals surface area contributed by atoms with Crippen molar-refractivity contribution in [3.63, 3.8) is 0 Å². The van der Waals surface area contributed by atoms with Crippen LogP contribution in [0.3, 0.4) is 0 Å². The topological polar surface area (TPSA) is 26.0 Å². The normalized spacial score (nSPS) is 12.5. The average Bonchev–Trinajstić information content (AvgIpc) is 2.26. The van der Waals surface area contributed by atoms with Crippen LogP contribution in [0.25, 0.3) is 0 Å². The molecular weight excluding hydrogens is 258 g/mol. The molecule has 2 aromatic rings. The van der Waals surface area contributed by atoms with Gasteiger partial charge < -0.3 is 5.73 Å². The van der Waals surface area contributed by atoms with Gasteiger partial charge in [0, 0.05) is 23.7 Å². The first-order valence-corrected chi connectivity index (χ1v) is 5.61. The van der Waals surface area contributed by atoms with Crippen LogP contribution in [0.1, 0.15) is 17.2 Å². The molecule has 0 aliphatic rings. The van der Waals surface area contributed by atoms with Crippen molar-refractivity contribution in [3.8, 4) is 0 Å². The van der Waals surface area contributed by atoms with Crippen LogP contribution in [0.2, 0.25) is 0 Å². The van der Waals surface area contributed by atoms with Gasteiger partial charge in [-0.05, 0) is 30.2 Å². The number of benzene rings is 2. The van der Waals surface area contributed by atoms with E-state index in [1.807, 2.05) is 0 Å². The lowest BCUT2D eigenvalue weighted by Gasteiger charge is -2.13. The molecule has 1 atom stereocenters. The van der Waals surface area contributed by atoms with E-state index in [9.17, 15) is 17.6 Å². The Kier molecular flexibility index (Phi) is 3.85.